The topological polar surface area (TPSA) is 92.0 Å². The van der Waals surface area contributed by atoms with Gasteiger partial charge in [0.2, 0.25) is 0 Å². The summed E-state index contributed by atoms with van der Waals surface area (Å²) >= 11 is 6.10. The number of hydrogen-bond acceptors (Lipinski definition) is 7. The summed E-state index contributed by atoms with van der Waals surface area (Å²) in [5.41, 5.74) is 1.59. The van der Waals surface area contributed by atoms with Crippen LogP contribution in [0.3, 0.4) is 0 Å². The van der Waals surface area contributed by atoms with E-state index in [0.29, 0.717) is 48.2 Å². The second-order valence-electron chi connectivity index (χ2n) is 9.42. The lowest BCUT2D eigenvalue weighted by atomic mass is 10.2. The second kappa shape index (κ2) is 11.9. The lowest BCUT2D eigenvalue weighted by Gasteiger charge is -2.27. The normalized spacial score (nSPS) is 14.6. The van der Waals surface area contributed by atoms with Gasteiger partial charge in [0.05, 0.1) is 0 Å². The number of aliphatic hydroxyl groups is 1. The van der Waals surface area contributed by atoms with Crippen LogP contribution in [0.25, 0.3) is 0 Å². The Balaban J connectivity index is 1.79. The van der Waals surface area contributed by atoms with E-state index in [1.54, 1.807) is 16.7 Å². The summed E-state index contributed by atoms with van der Waals surface area (Å²) in [5, 5.41) is 13.3. The van der Waals surface area contributed by atoms with Gasteiger partial charge in [-0.1, -0.05) is 42.8 Å². The molecule has 2 N–H and O–H groups in total. The molecule has 3 aromatic rings. The number of hydrogen-bond donors (Lipinski definition) is 2. The van der Waals surface area contributed by atoms with Gasteiger partial charge in [0, 0.05) is 37.8 Å². The third kappa shape index (κ3) is 6.01. The highest BCUT2D eigenvalue weighted by Crippen LogP contribution is 2.33. The SMILES string of the molecule is CCCn1c2c(c(=O)n(CCCO)c1=O)N(Cc1ccc(Cl)cc1)C(Oc1cccc(CN(C)C)c1)N2. The fraction of sp³-hybridized carbons (Fsp3) is 0.407. The van der Waals surface area contributed by atoms with Crippen molar-refractivity contribution in [2.24, 2.45) is 0 Å². The molecule has 0 fully saturated rings. The monoisotopic (exact) mass is 527 g/mol. The Labute approximate surface area is 221 Å². The van der Waals surface area contributed by atoms with Crippen LogP contribution in [0.1, 0.15) is 30.9 Å². The van der Waals surface area contributed by atoms with Crippen LogP contribution in [0.15, 0.2) is 58.1 Å². The number of aliphatic hydroxyl groups excluding tert-OH is 1. The Morgan fingerprint density at radius 1 is 1.05 bits per heavy atom. The molecule has 0 bridgehead atoms. The lowest BCUT2D eigenvalue weighted by Crippen LogP contribution is -2.44. The maximum atomic E-state index is 13.7. The Morgan fingerprint density at radius 2 is 1.81 bits per heavy atom. The van der Waals surface area contributed by atoms with Gasteiger partial charge in [-0.3, -0.25) is 13.9 Å². The molecule has 2 heterocycles. The summed E-state index contributed by atoms with van der Waals surface area (Å²) < 4.78 is 9.21. The Morgan fingerprint density at radius 3 is 2.49 bits per heavy atom. The molecule has 1 aliphatic heterocycles. The highest BCUT2D eigenvalue weighted by atomic mass is 35.5. The Bertz CT molecular complexity index is 1340. The van der Waals surface area contributed by atoms with Gasteiger partial charge in [-0.15, -0.1) is 0 Å². The standard InChI is InChI=1S/C27H34ClN5O4/c1-4-13-31-24-23(25(35)32(27(31)36)14-6-15-34)33(18-19-9-11-21(28)12-10-19)26(29-24)37-22-8-5-7-20(16-22)17-30(2)3/h5,7-12,16,26,29,34H,4,6,13-15,17-18H2,1-3H3. The van der Waals surface area contributed by atoms with Gasteiger partial charge in [-0.05, 0) is 62.3 Å². The summed E-state index contributed by atoms with van der Waals surface area (Å²) in [5.74, 6) is 1.09. The fourth-order valence-corrected chi connectivity index (χ4v) is 4.64. The Hall–Kier alpha value is -3.27. The summed E-state index contributed by atoms with van der Waals surface area (Å²) in [6.45, 7) is 3.56. The van der Waals surface area contributed by atoms with Gasteiger partial charge in [0.15, 0.2) is 0 Å². The van der Waals surface area contributed by atoms with Crippen molar-refractivity contribution in [3.8, 4) is 5.75 Å². The molecule has 1 aliphatic rings. The van der Waals surface area contributed by atoms with E-state index in [2.05, 4.69) is 10.2 Å². The zero-order chi connectivity index (χ0) is 26.5. The predicted octanol–water partition coefficient (Wildman–Crippen LogP) is 3.31. The van der Waals surface area contributed by atoms with Crippen molar-refractivity contribution in [2.45, 2.75) is 52.3 Å². The first-order valence-electron chi connectivity index (χ1n) is 12.5. The van der Waals surface area contributed by atoms with E-state index in [1.165, 1.54) is 4.57 Å². The van der Waals surface area contributed by atoms with Crippen molar-refractivity contribution in [2.75, 3.05) is 30.9 Å². The van der Waals surface area contributed by atoms with E-state index in [-0.39, 0.29) is 13.2 Å². The van der Waals surface area contributed by atoms with Crippen molar-refractivity contribution >= 4 is 23.1 Å². The van der Waals surface area contributed by atoms with Crippen LogP contribution in [0.4, 0.5) is 11.5 Å². The maximum Gasteiger partial charge on any atom is 0.332 e. The number of rotatable bonds is 11. The summed E-state index contributed by atoms with van der Waals surface area (Å²) in [6, 6.07) is 15.2. The van der Waals surface area contributed by atoms with Gasteiger partial charge >= 0.3 is 5.69 Å². The molecule has 0 amide bonds. The number of benzene rings is 2. The number of anilines is 2. The first-order chi connectivity index (χ1) is 17.8. The highest BCUT2D eigenvalue weighted by molar-refractivity contribution is 6.30. The van der Waals surface area contributed by atoms with E-state index in [4.69, 9.17) is 16.3 Å². The third-order valence-electron chi connectivity index (χ3n) is 6.13. The summed E-state index contributed by atoms with van der Waals surface area (Å²) in [4.78, 5) is 30.9. The van der Waals surface area contributed by atoms with Gasteiger partial charge in [0.25, 0.3) is 11.9 Å². The molecule has 198 valence electrons. The maximum absolute atomic E-state index is 13.7. The molecule has 4 rings (SSSR count). The molecular formula is C27H34ClN5O4. The van der Waals surface area contributed by atoms with Crippen molar-refractivity contribution in [3.63, 3.8) is 0 Å². The molecular weight excluding hydrogens is 494 g/mol. The minimum Gasteiger partial charge on any atom is -0.452 e. The molecule has 0 saturated carbocycles. The number of fused-ring (bicyclic) bond motifs is 1. The molecule has 2 aromatic carbocycles. The van der Waals surface area contributed by atoms with Crippen LogP contribution >= 0.6 is 11.6 Å². The molecule has 1 atom stereocenters. The number of halogens is 1. The first kappa shape index (κ1) is 26.8. The summed E-state index contributed by atoms with van der Waals surface area (Å²) in [7, 11) is 4.01. The average Bonchev–Trinajstić information content (AvgIpc) is 3.20. The van der Waals surface area contributed by atoms with Gasteiger partial charge in [-0.2, -0.15) is 0 Å². The molecule has 1 aromatic heterocycles. The number of nitrogens with one attached hydrogen (secondary N) is 1. The molecule has 0 saturated heterocycles. The van der Waals surface area contributed by atoms with Gasteiger partial charge in [0.1, 0.15) is 17.3 Å². The molecule has 10 heteroatoms. The third-order valence-corrected chi connectivity index (χ3v) is 6.38. The van der Waals surface area contributed by atoms with Crippen molar-refractivity contribution in [3.05, 3.63) is 85.5 Å². The smallest absolute Gasteiger partial charge is 0.332 e. The predicted molar refractivity (Wildman–Crippen MR) is 146 cm³/mol. The average molecular weight is 528 g/mol. The van der Waals surface area contributed by atoms with Crippen molar-refractivity contribution < 1.29 is 9.84 Å². The molecule has 37 heavy (non-hydrogen) atoms. The van der Waals surface area contributed by atoms with Crippen LogP contribution in [0, 0.1) is 0 Å². The molecule has 0 spiro atoms. The fourth-order valence-electron chi connectivity index (χ4n) is 4.51. The second-order valence-corrected chi connectivity index (χ2v) is 9.86. The zero-order valence-electron chi connectivity index (χ0n) is 21.5. The van der Waals surface area contributed by atoms with Crippen molar-refractivity contribution in [1.82, 2.24) is 14.0 Å². The minimum absolute atomic E-state index is 0.113. The van der Waals surface area contributed by atoms with E-state index < -0.39 is 17.6 Å². The van der Waals surface area contributed by atoms with E-state index in [0.717, 1.165) is 17.7 Å². The molecule has 0 aliphatic carbocycles. The van der Waals surface area contributed by atoms with Gasteiger partial charge < -0.3 is 25.0 Å². The largest absolute Gasteiger partial charge is 0.452 e. The van der Waals surface area contributed by atoms with Crippen LogP contribution < -0.4 is 26.2 Å². The lowest BCUT2D eigenvalue weighted by molar-refractivity contribution is 0.227. The highest BCUT2D eigenvalue weighted by Gasteiger charge is 2.37. The van der Waals surface area contributed by atoms with Crippen LogP contribution in [-0.4, -0.2) is 46.2 Å². The van der Waals surface area contributed by atoms with Crippen LogP contribution in [0.5, 0.6) is 5.75 Å². The minimum atomic E-state index is -0.718. The molecule has 1 unspecified atom stereocenters. The van der Waals surface area contributed by atoms with Crippen LogP contribution in [0.2, 0.25) is 5.02 Å². The van der Waals surface area contributed by atoms with Crippen LogP contribution in [-0.2, 0) is 26.2 Å². The van der Waals surface area contributed by atoms with Gasteiger partial charge in [-0.25, -0.2) is 4.79 Å². The number of nitrogens with zero attached hydrogens (tertiary/aromatic N) is 4. The zero-order valence-corrected chi connectivity index (χ0v) is 22.2. The Kier molecular flexibility index (Phi) is 8.58. The first-order valence-corrected chi connectivity index (χ1v) is 12.9. The molecule has 0 radical (unpaired) electrons. The van der Waals surface area contributed by atoms with E-state index in [1.807, 2.05) is 62.3 Å². The number of ether oxygens (including phenoxy) is 1. The quantitative estimate of drug-likeness (QED) is 0.395. The summed E-state index contributed by atoms with van der Waals surface area (Å²) in [6.07, 6.45) is 0.300. The number of aromatic nitrogens is 2. The molecule has 9 nitrogen and oxygen atoms in total. The van der Waals surface area contributed by atoms with E-state index in [9.17, 15) is 14.7 Å². The van der Waals surface area contributed by atoms with E-state index >= 15 is 0 Å². The van der Waals surface area contributed by atoms with Crippen molar-refractivity contribution in [1.29, 1.82) is 0 Å².